The van der Waals surface area contributed by atoms with Crippen molar-refractivity contribution in [3.63, 3.8) is 0 Å². The molecule has 3 atom stereocenters. The third kappa shape index (κ3) is 7.58. The number of aromatic nitrogens is 3. The molecule has 0 radical (unpaired) electrons. The van der Waals surface area contributed by atoms with Gasteiger partial charge in [-0.3, -0.25) is 19.6 Å². The van der Waals surface area contributed by atoms with Crippen LogP contribution in [0.15, 0.2) is 42.6 Å². The number of methoxy groups -OCH3 is 1. The maximum Gasteiger partial charge on any atom is 0.318 e. The number of halogens is 3. The Bertz CT molecular complexity index is 1950. The molecule has 3 unspecified atom stereocenters. The van der Waals surface area contributed by atoms with Crippen LogP contribution < -0.4 is 9.64 Å². The van der Waals surface area contributed by atoms with Crippen molar-refractivity contribution in [1.82, 2.24) is 29.7 Å². The second-order valence-electron chi connectivity index (χ2n) is 13.5. The Morgan fingerprint density at radius 3 is 2.69 bits per heavy atom. The highest BCUT2D eigenvalue weighted by molar-refractivity contribution is 6.36. The average molecular weight is 718 g/mol. The number of morpholine rings is 1. The van der Waals surface area contributed by atoms with E-state index in [1.165, 1.54) is 20.0 Å². The third-order valence-electron chi connectivity index (χ3n) is 10.3. The number of hydrogen-bond donors (Lipinski definition) is 0. The van der Waals surface area contributed by atoms with Gasteiger partial charge in [0.1, 0.15) is 23.2 Å². The van der Waals surface area contributed by atoms with Crippen molar-refractivity contribution >= 4 is 45.0 Å². The number of pyridine rings is 1. The zero-order valence-corrected chi connectivity index (χ0v) is 29.7. The molecule has 4 aromatic rings. The number of benzene rings is 2. The largest absolute Gasteiger partial charge is 0.467 e. The van der Waals surface area contributed by atoms with E-state index in [0.717, 1.165) is 36.8 Å². The number of alkyl halides is 1. The van der Waals surface area contributed by atoms with E-state index in [4.69, 9.17) is 21.1 Å². The molecule has 4 saturated heterocycles. The zero-order chi connectivity index (χ0) is 35.5. The summed E-state index contributed by atoms with van der Waals surface area (Å²) in [5, 5.41) is 2.56. The lowest BCUT2D eigenvalue weighted by Gasteiger charge is -2.27. The molecule has 0 bridgehead atoms. The van der Waals surface area contributed by atoms with Gasteiger partial charge in [-0.2, -0.15) is 9.97 Å². The second kappa shape index (κ2) is 15.6. The van der Waals surface area contributed by atoms with E-state index >= 15 is 4.39 Å². The molecule has 0 N–H and O–H groups in total. The van der Waals surface area contributed by atoms with Crippen molar-refractivity contribution in [3.8, 4) is 29.1 Å². The first-order chi connectivity index (χ1) is 24.8. The van der Waals surface area contributed by atoms with Crippen LogP contribution in [0, 0.1) is 17.7 Å². The van der Waals surface area contributed by atoms with Gasteiger partial charge in [-0.25, -0.2) is 8.78 Å². The number of nitrogens with zero attached hydrogens (tertiary/aromatic N) is 7. The first-order valence-electron chi connectivity index (χ1n) is 17.6. The van der Waals surface area contributed by atoms with Gasteiger partial charge in [-0.15, -0.1) is 0 Å². The summed E-state index contributed by atoms with van der Waals surface area (Å²) < 4.78 is 39.6. The van der Waals surface area contributed by atoms with Crippen LogP contribution in [0.4, 0.5) is 14.6 Å². The number of likely N-dealkylation sites (tertiary alicyclic amines) is 1. The van der Waals surface area contributed by atoms with E-state index in [0.29, 0.717) is 73.6 Å². The molecule has 4 aliphatic rings. The summed E-state index contributed by atoms with van der Waals surface area (Å²) in [5.74, 6) is 5.48. The van der Waals surface area contributed by atoms with Gasteiger partial charge >= 0.3 is 6.01 Å². The Labute approximate surface area is 301 Å². The fraction of sp³-hybridized carbons (Fsp3) is 0.474. The summed E-state index contributed by atoms with van der Waals surface area (Å²) >= 11 is 6.52. The number of rotatable bonds is 5. The van der Waals surface area contributed by atoms with Crippen molar-refractivity contribution in [2.75, 3.05) is 78.1 Å². The first-order valence-corrected chi connectivity index (χ1v) is 17.9. The summed E-state index contributed by atoms with van der Waals surface area (Å²) in [6.45, 7) is 6.47. The van der Waals surface area contributed by atoms with E-state index in [1.54, 1.807) is 23.2 Å². The van der Waals surface area contributed by atoms with E-state index in [2.05, 4.69) is 36.6 Å². The molecule has 8 rings (SSSR count). The number of ether oxygens (including phenoxy) is 2. The van der Waals surface area contributed by atoms with Crippen molar-refractivity contribution in [1.29, 1.82) is 0 Å². The SMILES string of the molecule is COc1nc(N(C)C2CCN(C(=O)C#CCN3CCOCC3)C2)c2cnc(-c3cccc4cccc(Cl)c34)c(F)c2n1.FC1CC2CCCN2C1. The van der Waals surface area contributed by atoms with Crippen LogP contribution in [-0.4, -0.2) is 127 Å². The van der Waals surface area contributed by atoms with E-state index in [9.17, 15) is 9.18 Å². The third-order valence-corrected chi connectivity index (χ3v) is 10.6. The molecule has 0 saturated carbocycles. The summed E-state index contributed by atoms with van der Waals surface area (Å²) in [4.78, 5) is 34.4. The Kier molecular flexibility index (Phi) is 10.8. The van der Waals surface area contributed by atoms with Crippen LogP contribution in [0.3, 0.4) is 0 Å². The lowest BCUT2D eigenvalue weighted by molar-refractivity contribution is -0.124. The fourth-order valence-electron chi connectivity index (χ4n) is 7.57. The maximum absolute atomic E-state index is 16.2. The average Bonchev–Trinajstić information content (AvgIpc) is 3.90. The number of anilines is 1. The number of hydrogen-bond acceptors (Lipinski definition) is 9. The highest BCUT2D eigenvalue weighted by Crippen LogP contribution is 2.37. The molecular formula is C38H42ClF2N7O3. The minimum absolute atomic E-state index is 0.0382. The molecule has 10 nitrogen and oxygen atoms in total. The Morgan fingerprint density at radius 2 is 1.90 bits per heavy atom. The molecule has 4 fully saturated rings. The predicted octanol–water partition coefficient (Wildman–Crippen LogP) is 5.21. The van der Waals surface area contributed by atoms with Crippen molar-refractivity contribution in [3.05, 3.63) is 53.4 Å². The zero-order valence-electron chi connectivity index (χ0n) is 29.0. The van der Waals surface area contributed by atoms with Crippen LogP contribution in [0.25, 0.3) is 32.9 Å². The molecule has 13 heteroatoms. The van der Waals surface area contributed by atoms with Crippen molar-refractivity contribution in [2.45, 2.75) is 43.9 Å². The van der Waals surface area contributed by atoms with Gasteiger partial charge in [0.05, 0.1) is 32.3 Å². The van der Waals surface area contributed by atoms with Crippen LogP contribution in [0.5, 0.6) is 6.01 Å². The minimum Gasteiger partial charge on any atom is -0.467 e. The topological polar surface area (TPSA) is 87.2 Å². The fourth-order valence-corrected chi connectivity index (χ4v) is 7.85. The van der Waals surface area contributed by atoms with Gasteiger partial charge in [0, 0.05) is 74.0 Å². The second-order valence-corrected chi connectivity index (χ2v) is 13.9. The van der Waals surface area contributed by atoms with Crippen LogP contribution >= 0.6 is 11.6 Å². The van der Waals surface area contributed by atoms with Gasteiger partial charge in [0.15, 0.2) is 5.82 Å². The molecule has 1 amide bonds. The molecule has 6 heterocycles. The standard InChI is InChI=1S/C31H30ClFN6O3.C7H12FN/c1-37(21-11-13-39(19-21)25(40)10-5-12-38-14-16-42-17-15-38)30-23-18-34-28(27(33)29(23)35-31(36-30)41-2)22-8-3-6-20-7-4-9-24(32)26(20)22;8-6-4-7-2-1-3-9(7)5-6/h3-4,6-9,18,21H,11-17,19H2,1-2H3;6-7H,1-5H2. The van der Waals surface area contributed by atoms with Gasteiger partial charge in [-0.05, 0) is 49.6 Å². The first kappa shape index (κ1) is 35.3. The number of carbonyl (C=O) groups is 1. The molecule has 0 aliphatic carbocycles. The molecule has 268 valence electrons. The minimum atomic E-state index is -0.589. The number of likely N-dealkylation sites (N-methyl/N-ethyl adjacent to an activating group) is 1. The maximum atomic E-state index is 16.2. The van der Waals surface area contributed by atoms with Crippen LogP contribution in [0.1, 0.15) is 25.7 Å². The molecule has 51 heavy (non-hydrogen) atoms. The Balaban J connectivity index is 0.000000389. The quantitative estimate of drug-likeness (QED) is 0.258. The number of carbonyl (C=O) groups excluding carboxylic acids is 1. The summed E-state index contributed by atoms with van der Waals surface area (Å²) in [6.07, 6.45) is 5.11. The van der Waals surface area contributed by atoms with E-state index < -0.39 is 12.0 Å². The molecule has 0 spiro atoms. The molecule has 2 aromatic carbocycles. The van der Waals surface area contributed by atoms with Gasteiger partial charge in [0.2, 0.25) is 0 Å². The van der Waals surface area contributed by atoms with Crippen molar-refractivity contribution < 1.29 is 23.0 Å². The molecular weight excluding hydrogens is 676 g/mol. The van der Waals surface area contributed by atoms with E-state index in [-0.39, 0.29) is 29.2 Å². The van der Waals surface area contributed by atoms with Gasteiger partial charge in [-0.1, -0.05) is 47.9 Å². The Morgan fingerprint density at radius 1 is 1.10 bits per heavy atom. The molecule has 2 aromatic heterocycles. The number of fused-ring (bicyclic) bond motifs is 3. The normalized spacial score (nSPS) is 22.0. The summed E-state index contributed by atoms with van der Waals surface area (Å²) in [5.41, 5.74) is 0.811. The smallest absolute Gasteiger partial charge is 0.318 e. The predicted molar refractivity (Wildman–Crippen MR) is 194 cm³/mol. The highest BCUT2D eigenvalue weighted by atomic mass is 35.5. The monoisotopic (exact) mass is 717 g/mol. The lowest BCUT2D eigenvalue weighted by atomic mass is 10.0. The molecule has 4 aliphatic heterocycles. The Hall–Kier alpha value is -4.15. The van der Waals surface area contributed by atoms with Crippen molar-refractivity contribution in [2.24, 2.45) is 0 Å². The highest BCUT2D eigenvalue weighted by Gasteiger charge is 2.35. The van der Waals surface area contributed by atoms with Crippen LogP contribution in [0.2, 0.25) is 5.02 Å². The summed E-state index contributed by atoms with van der Waals surface area (Å²) in [7, 11) is 3.32. The van der Waals surface area contributed by atoms with Crippen LogP contribution in [-0.2, 0) is 9.53 Å². The van der Waals surface area contributed by atoms with E-state index in [1.807, 2.05) is 36.2 Å². The summed E-state index contributed by atoms with van der Waals surface area (Å²) in [6, 6.07) is 11.7. The van der Waals surface area contributed by atoms with Gasteiger partial charge < -0.3 is 19.3 Å². The van der Waals surface area contributed by atoms with Gasteiger partial charge in [0.25, 0.3) is 5.91 Å². The number of amides is 1. The lowest BCUT2D eigenvalue weighted by Crippen LogP contribution is -2.37.